The molecule has 1 aromatic rings. The van der Waals surface area contributed by atoms with Crippen LogP contribution in [0.3, 0.4) is 0 Å². The van der Waals surface area contributed by atoms with E-state index in [9.17, 15) is 8.78 Å². The van der Waals surface area contributed by atoms with Crippen LogP contribution in [0.1, 0.15) is 24.3 Å². The molecule has 0 radical (unpaired) electrons. The summed E-state index contributed by atoms with van der Waals surface area (Å²) in [6.45, 7) is 0.889. The van der Waals surface area contributed by atoms with Crippen molar-refractivity contribution in [3.63, 3.8) is 0 Å². The van der Waals surface area contributed by atoms with Crippen LogP contribution >= 0.6 is 11.3 Å². The molecule has 12 heavy (non-hydrogen) atoms. The van der Waals surface area contributed by atoms with Crippen LogP contribution in [0.5, 0.6) is 0 Å². The molecule has 1 atom stereocenters. The zero-order chi connectivity index (χ0) is 9.19. The van der Waals surface area contributed by atoms with Crippen molar-refractivity contribution in [3.8, 4) is 0 Å². The van der Waals surface area contributed by atoms with Gasteiger partial charge in [-0.25, -0.2) is 8.78 Å². The lowest BCUT2D eigenvalue weighted by Gasteiger charge is -2.14. The Kier molecular flexibility index (Phi) is 2.80. The Bertz CT molecular complexity index is 228. The van der Waals surface area contributed by atoms with Crippen molar-refractivity contribution in [1.29, 1.82) is 0 Å². The van der Waals surface area contributed by atoms with Gasteiger partial charge in [-0.2, -0.15) is 0 Å². The highest BCUT2D eigenvalue weighted by Crippen LogP contribution is 2.28. The van der Waals surface area contributed by atoms with Crippen molar-refractivity contribution >= 4 is 11.3 Å². The van der Waals surface area contributed by atoms with Gasteiger partial charge in [0.05, 0.1) is 0 Å². The second kappa shape index (κ2) is 3.49. The van der Waals surface area contributed by atoms with Gasteiger partial charge >= 0.3 is 0 Å². The van der Waals surface area contributed by atoms with E-state index in [4.69, 9.17) is 5.73 Å². The fourth-order valence-electron chi connectivity index (χ4n) is 0.989. The van der Waals surface area contributed by atoms with Crippen molar-refractivity contribution in [2.24, 2.45) is 5.73 Å². The first-order valence-electron chi connectivity index (χ1n) is 3.66. The SMILES string of the molecule is CC(F)(F)CC(N)c1cccs1. The monoisotopic (exact) mass is 191 g/mol. The average Bonchev–Trinajstić information content (AvgIpc) is 2.32. The fourth-order valence-corrected chi connectivity index (χ4v) is 1.72. The molecule has 1 heterocycles. The van der Waals surface area contributed by atoms with Crippen molar-refractivity contribution in [2.75, 3.05) is 0 Å². The molecule has 2 N–H and O–H groups in total. The molecule has 0 spiro atoms. The largest absolute Gasteiger partial charge is 0.323 e. The van der Waals surface area contributed by atoms with Crippen LogP contribution in [0.2, 0.25) is 0 Å². The predicted octanol–water partition coefficient (Wildman–Crippen LogP) is 2.79. The summed E-state index contributed by atoms with van der Waals surface area (Å²) in [5.41, 5.74) is 5.56. The molecule has 1 unspecified atom stereocenters. The third-order valence-corrected chi connectivity index (χ3v) is 2.49. The molecule has 0 bridgehead atoms. The first-order chi connectivity index (χ1) is 5.49. The van der Waals surface area contributed by atoms with E-state index >= 15 is 0 Å². The van der Waals surface area contributed by atoms with Crippen LogP contribution in [0.15, 0.2) is 17.5 Å². The van der Waals surface area contributed by atoms with E-state index in [0.29, 0.717) is 0 Å². The molecule has 0 saturated heterocycles. The van der Waals surface area contributed by atoms with Gasteiger partial charge in [0.15, 0.2) is 0 Å². The number of hydrogen-bond acceptors (Lipinski definition) is 2. The van der Waals surface area contributed by atoms with Gasteiger partial charge in [0, 0.05) is 17.3 Å². The van der Waals surface area contributed by atoms with Crippen molar-refractivity contribution in [3.05, 3.63) is 22.4 Å². The Morgan fingerprint density at radius 1 is 1.67 bits per heavy atom. The third kappa shape index (κ3) is 2.87. The quantitative estimate of drug-likeness (QED) is 0.781. The number of thiophene rings is 1. The summed E-state index contributed by atoms with van der Waals surface area (Å²) in [5.74, 6) is -2.68. The van der Waals surface area contributed by atoms with Gasteiger partial charge < -0.3 is 5.73 Å². The second-order valence-corrected chi connectivity index (χ2v) is 3.88. The van der Waals surface area contributed by atoms with E-state index in [1.807, 2.05) is 11.4 Å². The Hall–Kier alpha value is -0.480. The maximum atomic E-state index is 12.5. The molecule has 0 aliphatic heterocycles. The molecule has 0 aliphatic rings. The molecule has 0 amide bonds. The highest BCUT2D eigenvalue weighted by atomic mass is 32.1. The molecule has 1 nitrogen and oxygen atoms in total. The summed E-state index contributed by atoms with van der Waals surface area (Å²) in [4.78, 5) is 0.816. The van der Waals surface area contributed by atoms with Crippen LogP contribution in [0.4, 0.5) is 8.78 Å². The summed E-state index contributed by atoms with van der Waals surface area (Å²) < 4.78 is 25.0. The zero-order valence-corrected chi connectivity index (χ0v) is 7.57. The van der Waals surface area contributed by atoms with E-state index in [0.717, 1.165) is 11.8 Å². The summed E-state index contributed by atoms with van der Waals surface area (Å²) in [6, 6.07) is 3.05. The molecule has 4 heteroatoms. The third-order valence-electron chi connectivity index (χ3n) is 1.49. The van der Waals surface area contributed by atoms with E-state index < -0.39 is 12.0 Å². The van der Waals surface area contributed by atoms with Gasteiger partial charge in [0.1, 0.15) is 0 Å². The molecule has 1 rings (SSSR count). The molecule has 0 fully saturated rings. The molecule has 1 aromatic heterocycles. The summed E-state index contributed by atoms with van der Waals surface area (Å²) in [5, 5.41) is 1.84. The average molecular weight is 191 g/mol. The Labute approximate surface area is 74.2 Å². The normalized spacial score (nSPS) is 14.7. The molecular weight excluding hydrogens is 180 g/mol. The lowest BCUT2D eigenvalue weighted by atomic mass is 10.1. The van der Waals surface area contributed by atoms with Crippen molar-refractivity contribution in [2.45, 2.75) is 25.3 Å². The number of hydrogen-bond donors (Lipinski definition) is 1. The Balaban J connectivity index is 2.56. The van der Waals surface area contributed by atoms with Gasteiger partial charge in [0.25, 0.3) is 0 Å². The molecule has 0 aromatic carbocycles. The van der Waals surface area contributed by atoms with Crippen molar-refractivity contribution in [1.82, 2.24) is 0 Å². The summed E-state index contributed by atoms with van der Waals surface area (Å²) >= 11 is 1.41. The van der Waals surface area contributed by atoms with E-state index in [1.165, 1.54) is 11.3 Å². The van der Waals surface area contributed by atoms with Gasteiger partial charge in [0.2, 0.25) is 5.92 Å². The van der Waals surface area contributed by atoms with Crippen LogP contribution in [-0.4, -0.2) is 5.92 Å². The van der Waals surface area contributed by atoms with Gasteiger partial charge in [-0.3, -0.25) is 0 Å². The van der Waals surface area contributed by atoms with Gasteiger partial charge in [-0.15, -0.1) is 11.3 Å². The van der Waals surface area contributed by atoms with E-state index in [1.54, 1.807) is 6.07 Å². The maximum Gasteiger partial charge on any atom is 0.247 e. The first kappa shape index (κ1) is 9.61. The van der Waals surface area contributed by atoms with Gasteiger partial charge in [-0.1, -0.05) is 6.07 Å². The molecule has 0 saturated carbocycles. The van der Waals surface area contributed by atoms with Crippen LogP contribution in [0.25, 0.3) is 0 Å². The lowest BCUT2D eigenvalue weighted by molar-refractivity contribution is 0.00646. The highest BCUT2D eigenvalue weighted by Gasteiger charge is 2.25. The minimum atomic E-state index is -2.68. The standard InChI is InChI=1S/C8H11F2NS/c1-8(9,10)5-6(11)7-3-2-4-12-7/h2-4,6H,5,11H2,1H3. The van der Waals surface area contributed by atoms with E-state index in [2.05, 4.69) is 0 Å². The topological polar surface area (TPSA) is 26.0 Å². The molecule has 68 valence electrons. The lowest BCUT2D eigenvalue weighted by Crippen LogP contribution is -2.20. The summed E-state index contributed by atoms with van der Waals surface area (Å²) in [7, 11) is 0. The van der Waals surface area contributed by atoms with Crippen LogP contribution in [-0.2, 0) is 0 Å². The van der Waals surface area contributed by atoms with Crippen molar-refractivity contribution < 1.29 is 8.78 Å². The number of nitrogens with two attached hydrogens (primary N) is 1. The fraction of sp³-hybridized carbons (Fsp3) is 0.500. The zero-order valence-electron chi connectivity index (χ0n) is 6.76. The number of alkyl halides is 2. The molecule has 0 aliphatic carbocycles. The summed E-state index contributed by atoms with van der Waals surface area (Å²) in [6.07, 6.45) is -0.284. The minimum absolute atomic E-state index is 0.284. The van der Waals surface area contributed by atoms with Crippen LogP contribution < -0.4 is 5.73 Å². The second-order valence-electron chi connectivity index (χ2n) is 2.90. The highest BCUT2D eigenvalue weighted by molar-refractivity contribution is 7.10. The predicted molar refractivity (Wildman–Crippen MR) is 46.5 cm³/mol. The number of halogens is 2. The molecular formula is C8H11F2NS. The number of rotatable bonds is 3. The maximum absolute atomic E-state index is 12.5. The minimum Gasteiger partial charge on any atom is -0.323 e. The van der Waals surface area contributed by atoms with E-state index in [-0.39, 0.29) is 6.42 Å². The smallest absolute Gasteiger partial charge is 0.247 e. The Morgan fingerprint density at radius 2 is 2.33 bits per heavy atom. The Morgan fingerprint density at radius 3 is 2.75 bits per heavy atom. The van der Waals surface area contributed by atoms with Gasteiger partial charge in [-0.05, 0) is 18.4 Å². The first-order valence-corrected chi connectivity index (χ1v) is 4.54. The van der Waals surface area contributed by atoms with Crippen LogP contribution in [0, 0.1) is 0 Å².